The Bertz CT molecular complexity index is 562. The molecular weight excluding hydrogens is 325 g/mol. The van der Waals surface area contributed by atoms with Crippen LogP contribution in [-0.4, -0.2) is 16.4 Å². The Kier molecular flexibility index (Phi) is 8.43. The van der Waals surface area contributed by atoms with Gasteiger partial charge in [-0.2, -0.15) is 4.39 Å². The van der Waals surface area contributed by atoms with E-state index in [0.29, 0.717) is 6.42 Å². The van der Waals surface area contributed by atoms with Crippen LogP contribution in [0.1, 0.15) is 63.9 Å². The van der Waals surface area contributed by atoms with Crippen LogP contribution in [0.15, 0.2) is 0 Å². The predicted octanol–water partition coefficient (Wildman–Crippen LogP) is 5.55. The number of rotatable bonds is 10. The van der Waals surface area contributed by atoms with Gasteiger partial charge in [0.05, 0.1) is 0 Å². The summed E-state index contributed by atoms with van der Waals surface area (Å²) in [5, 5.41) is 18.1. The van der Waals surface area contributed by atoms with Crippen LogP contribution in [0.2, 0.25) is 0 Å². The second-order valence-electron chi connectivity index (χ2n) is 5.69. The number of benzene rings is 1. The molecule has 0 heterocycles. The molecule has 0 spiro atoms. The fourth-order valence-electron chi connectivity index (χ4n) is 2.53. The van der Waals surface area contributed by atoms with Crippen LogP contribution in [0, 0.1) is 17.5 Å². The highest BCUT2D eigenvalue weighted by molar-refractivity contribution is 5.64. The molecule has 1 rings (SSSR count). The number of aromatic hydroxyl groups is 1. The average molecular weight is 348 g/mol. The monoisotopic (exact) mass is 348 g/mol. The van der Waals surface area contributed by atoms with Crippen molar-refractivity contribution in [2.24, 2.45) is 0 Å². The van der Waals surface area contributed by atoms with Crippen LogP contribution in [-0.2, 0) is 6.42 Å². The Balaban J connectivity index is 2.67. The average Bonchev–Trinajstić information content (AvgIpc) is 2.55. The van der Waals surface area contributed by atoms with E-state index in [-0.39, 0.29) is 6.42 Å². The molecule has 0 amide bonds. The SMILES string of the molecule is CCCCCCCCCCc1c(F)c(F)c(F)c(O)c1OC(=O)O. The quantitative estimate of drug-likeness (QED) is 0.252. The summed E-state index contributed by atoms with van der Waals surface area (Å²) >= 11 is 0. The van der Waals surface area contributed by atoms with Crippen molar-refractivity contribution < 1.29 is 32.9 Å². The number of carboxylic acid groups (broad SMARTS) is 1. The Morgan fingerprint density at radius 1 is 0.917 bits per heavy atom. The summed E-state index contributed by atoms with van der Waals surface area (Å²) < 4.78 is 44.8. The van der Waals surface area contributed by atoms with Gasteiger partial charge < -0.3 is 14.9 Å². The smallest absolute Gasteiger partial charge is 0.502 e. The molecule has 1 aromatic rings. The lowest BCUT2D eigenvalue weighted by atomic mass is 10.0. The maximum atomic E-state index is 13.9. The van der Waals surface area contributed by atoms with Gasteiger partial charge in [0.25, 0.3) is 0 Å². The summed E-state index contributed by atoms with van der Waals surface area (Å²) in [6.45, 7) is 2.13. The van der Waals surface area contributed by atoms with Crippen molar-refractivity contribution in [2.75, 3.05) is 0 Å². The van der Waals surface area contributed by atoms with Crippen LogP contribution >= 0.6 is 0 Å². The minimum atomic E-state index is -1.86. The lowest BCUT2D eigenvalue weighted by Crippen LogP contribution is -2.10. The third kappa shape index (κ3) is 5.62. The molecule has 2 N–H and O–H groups in total. The van der Waals surface area contributed by atoms with Crippen LogP contribution in [0.4, 0.5) is 18.0 Å². The topological polar surface area (TPSA) is 66.8 Å². The first kappa shape index (κ1) is 20.1. The van der Waals surface area contributed by atoms with Crippen molar-refractivity contribution in [2.45, 2.75) is 64.7 Å². The van der Waals surface area contributed by atoms with E-state index in [1.165, 1.54) is 12.8 Å². The van der Waals surface area contributed by atoms with E-state index in [1.54, 1.807) is 0 Å². The van der Waals surface area contributed by atoms with Crippen molar-refractivity contribution in [1.82, 2.24) is 0 Å². The molecule has 0 saturated heterocycles. The standard InChI is InChI=1S/C17H23F3O4/c1-2-3-4-5-6-7-8-9-10-11-12(18)13(19)14(20)15(21)16(11)24-17(22)23/h21H,2-10H2,1H3,(H,22,23). The number of halogens is 3. The molecule has 0 unspecified atom stereocenters. The predicted molar refractivity (Wildman–Crippen MR) is 82.9 cm³/mol. The number of ether oxygens (including phenoxy) is 1. The van der Waals surface area contributed by atoms with Crippen LogP contribution in [0.25, 0.3) is 0 Å². The van der Waals surface area contributed by atoms with Crippen molar-refractivity contribution in [1.29, 1.82) is 0 Å². The first-order valence-electron chi connectivity index (χ1n) is 8.19. The van der Waals surface area contributed by atoms with Crippen LogP contribution in [0.3, 0.4) is 0 Å². The summed E-state index contributed by atoms with van der Waals surface area (Å²) in [5.74, 6) is -7.42. The molecule has 0 bridgehead atoms. The summed E-state index contributed by atoms with van der Waals surface area (Å²) in [6, 6.07) is 0. The van der Waals surface area contributed by atoms with E-state index in [0.717, 1.165) is 32.1 Å². The van der Waals surface area contributed by atoms with Crippen LogP contribution < -0.4 is 4.74 Å². The lowest BCUT2D eigenvalue weighted by Gasteiger charge is -2.12. The molecule has 0 aliphatic heterocycles. The van der Waals surface area contributed by atoms with Gasteiger partial charge in [-0.1, -0.05) is 51.9 Å². The van der Waals surface area contributed by atoms with Gasteiger partial charge in [-0.3, -0.25) is 0 Å². The molecule has 0 saturated carbocycles. The summed E-state index contributed by atoms with van der Waals surface area (Å²) in [7, 11) is 0. The molecule has 136 valence electrons. The van der Waals surface area contributed by atoms with Crippen molar-refractivity contribution >= 4 is 6.16 Å². The molecular formula is C17H23F3O4. The minimum absolute atomic E-state index is 0.0475. The minimum Gasteiger partial charge on any atom is -0.502 e. The maximum absolute atomic E-state index is 13.9. The summed E-state index contributed by atoms with van der Waals surface area (Å²) in [6.07, 6.45) is 5.87. The number of phenols is 1. The zero-order valence-corrected chi connectivity index (χ0v) is 13.7. The number of hydrogen-bond donors (Lipinski definition) is 2. The van der Waals surface area contributed by atoms with Gasteiger partial charge in [0, 0.05) is 5.56 Å². The maximum Gasteiger partial charge on any atom is 0.511 e. The second-order valence-corrected chi connectivity index (χ2v) is 5.69. The largest absolute Gasteiger partial charge is 0.511 e. The van der Waals surface area contributed by atoms with Gasteiger partial charge in [0.2, 0.25) is 5.82 Å². The van der Waals surface area contributed by atoms with E-state index in [2.05, 4.69) is 11.7 Å². The number of hydrogen-bond acceptors (Lipinski definition) is 3. The zero-order valence-electron chi connectivity index (χ0n) is 13.7. The van der Waals surface area contributed by atoms with E-state index in [1.807, 2.05) is 0 Å². The summed E-state index contributed by atoms with van der Waals surface area (Å²) in [4.78, 5) is 10.6. The zero-order chi connectivity index (χ0) is 18.1. The van der Waals surface area contributed by atoms with E-state index in [4.69, 9.17) is 5.11 Å². The lowest BCUT2D eigenvalue weighted by molar-refractivity contribution is 0.141. The third-order valence-electron chi connectivity index (χ3n) is 3.82. The fraction of sp³-hybridized carbons (Fsp3) is 0.588. The highest BCUT2D eigenvalue weighted by Gasteiger charge is 2.27. The van der Waals surface area contributed by atoms with Gasteiger partial charge in [0.1, 0.15) is 0 Å². The Hall–Kier alpha value is -1.92. The van der Waals surface area contributed by atoms with Crippen molar-refractivity contribution in [3.63, 3.8) is 0 Å². The van der Waals surface area contributed by atoms with Gasteiger partial charge >= 0.3 is 6.16 Å². The molecule has 0 atom stereocenters. The van der Waals surface area contributed by atoms with Crippen molar-refractivity contribution in [3.05, 3.63) is 23.0 Å². The molecule has 1 aromatic carbocycles. The normalized spacial score (nSPS) is 10.8. The van der Waals surface area contributed by atoms with Crippen LogP contribution in [0.5, 0.6) is 11.5 Å². The van der Waals surface area contributed by atoms with E-state index >= 15 is 0 Å². The molecule has 4 nitrogen and oxygen atoms in total. The molecule has 7 heteroatoms. The first-order valence-corrected chi connectivity index (χ1v) is 8.19. The highest BCUT2D eigenvalue weighted by Crippen LogP contribution is 2.38. The molecule has 0 aliphatic carbocycles. The number of phenolic OH excluding ortho intramolecular Hbond substituents is 1. The first-order chi connectivity index (χ1) is 11.4. The molecule has 0 aliphatic rings. The van der Waals surface area contributed by atoms with E-state index in [9.17, 15) is 23.1 Å². The summed E-state index contributed by atoms with van der Waals surface area (Å²) in [5.41, 5.74) is -0.459. The Morgan fingerprint density at radius 2 is 1.46 bits per heavy atom. The van der Waals surface area contributed by atoms with Gasteiger partial charge in [-0.15, -0.1) is 0 Å². The van der Waals surface area contributed by atoms with Gasteiger partial charge in [-0.25, -0.2) is 13.6 Å². The molecule has 0 aromatic heterocycles. The van der Waals surface area contributed by atoms with Gasteiger partial charge in [-0.05, 0) is 12.8 Å². The van der Waals surface area contributed by atoms with E-state index < -0.39 is 40.7 Å². The Labute approximate surface area is 139 Å². The van der Waals surface area contributed by atoms with Gasteiger partial charge in [0.15, 0.2) is 23.1 Å². The fourth-order valence-corrected chi connectivity index (χ4v) is 2.53. The number of carbonyl (C=O) groups is 1. The molecule has 0 fully saturated rings. The molecule has 0 radical (unpaired) electrons. The number of unbranched alkanes of at least 4 members (excludes halogenated alkanes) is 7. The molecule has 24 heavy (non-hydrogen) atoms. The third-order valence-corrected chi connectivity index (χ3v) is 3.82. The highest BCUT2D eigenvalue weighted by atomic mass is 19.2. The van der Waals surface area contributed by atoms with Crippen molar-refractivity contribution in [3.8, 4) is 11.5 Å². The second kappa shape index (κ2) is 10.1. The Morgan fingerprint density at radius 3 is 2.00 bits per heavy atom.